The summed E-state index contributed by atoms with van der Waals surface area (Å²) in [6, 6.07) is 29.3. The van der Waals surface area contributed by atoms with Crippen LogP contribution in [0.1, 0.15) is 101 Å². The maximum absolute atomic E-state index is 4.01. The summed E-state index contributed by atoms with van der Waals surface area (Å²) in [6.07, 6.45) is 7.36. The fourth-order valence-corrected chi connectivity index (χ4v) is 3.71. The monoisotopic (exact) mass is 521 g/mol. The molecule has 5 aromatic rings. The summed E-state index contributed by atoms with van der Waals surface area (Å²) in [5.41, 5.74) is 6.62. The van der Waals surface area contributed by atoms with Crippen molar-refractivity contribution in [3.05, 3.63) is 132 Å². The summed E-state index contributed by atoms with van der Waals surface area (Å²) >= 11 is 0. The van der Waals surface area contributed by atoms with Gasteiger partial charge in [0.2, 0.25) is 0 Å². The first kappa shape index (κ1) is 31.5. The lowest BCUT2D eigenvalue weighted by Gasteiger charge is -2.01. The molecule has 0 atom stereocenters. The van der Waals surface area contributed by atoms with Gasteiger partial charge in [-0.15, -0.1) is 0 Å². The maximum atomic E-state index is 4.01. The largest absolute Gasteiger partial charge is 0.358 e. The van der Waals surface area contributed by atoms with Crippen molar-refractivity contribution in [2.24, 2.45) is 0 Å². The average Bonchev–Trinajstić information content (AvgIpc) is 3.41. The molecule has 0 aliphatic heterocycles. The van der Waals surface area contributed by atoms with E-state index < -0.39 is 0 Å². The van der Waals surface area contributed by atoms with E-state index in [-0.39, 0.29) is 0 Å². The van der Waals surface area contributed by atoms with E-state index in [1.54, 1.807) is 6.20 Å². The second-order valence-electron chi connectivity index (χ2n) is 10.9. The number of nitrogens with zero attached hydrogens (tertiary/aromatic N) is 2. The van der Waals surface area contributed by atoms with E-state index in [1.165, 1.54) is 33.3 Å². The summed E-state index contributed by atoms with van der Waals surface area (Å²) < 4.78 is 0. The summed E-state index contributed by atoms with van der Waals surface area (Å²) in [6.45, 7) is 17.5. The van der Waals surface area contributed by atoms with Crippen LogP contribution < -0.4 is 0 Å². The Kier molecular flexibility index (Phi) is 13.7. The molecule has 0 unspecified atom stereocenters. The van der Waals surface area contributed by atoms with Crippen LogP contribution >= 0.6 is 0 Å². The number of aromatic nitrogens is 3. The summed E-state index contributed by atoms with van der Waals surface area (Å²) in [5, 5.41) is 1.31. The molecule has 0 amide bonds. The van der Waals surface area contributed by atoms with Crippen molar-refractivity contribution in [3.8, 4) is 0 Å². The molecule has 0 radical (unpaired) electrons. The van der Waals surface area contributed by atoms with Crippen molar-refractivity contribution in [3.63, 3.8) is 0 Å². The highest BCUT2D eigenvalue weighted by Gasteiger charge is 2.02. The van der Waals surface area contributed by atoms with E-state index in [0.29, 0.717) is 23.7 Å². The summed E-state index contributed by atoms with van der Waals surface area (Å²) in [7, 11) is 0. The van der Waals surface area contributed by atoms with Crippen LogP contribution in [0.15, 0.2) is 110 Å². The van der Waals surface area contributed by atoms with Crippen LogP contribution in [0.5, 0.6) is 0 Å². The Balaban J connectivity index is 0.000000184. The quantitative estimate of drug-likeness (QED) is 0.255. The first-order valence-corrected chi connectivity index (χ1v) is 14.1. The molecule has 0 aliphatic rings. The van der Waals surface area contributed by atoms with Crippen molar-refractivity contribution >= 4 is 10.9 Å². The molecular formula is C36H47N3. The van der Waals surface area contributed by atoms with E-state index in [9.17, 15) is 0 Å². The van der Waals surface area contributed by atoms with E-state index in [4.69, 9.17) is 0 Å². The topological polar surface area (TPSA) is 41.6 Å². The molecule has 2 aromatic carbocycles. The normalized spacial score (nSPS) is 10.5. The van der Waals surface area contributed by atoms with Gasteiger partial charge in [0.15, 0.2) is 0 Å². The highest BCUT2D eigenvalue weighted by atomic mass is 14.7. The zero-order valence-corrected chi connectivity index (χ0v) is 25.1. The molecule has 206 valence electrons. The Hall–Kier alpha value is -3.72. The van der Waals surface area contributed by atoms with Crippen LogP contribution in [0.25, 0.3) is 10.9 Å². The van der Waals surface area contributed by atoms with Gasteiger partial charge < -0.3 is 4.98 Å². The second kappa shape index (κ2) is 17.0. The van der Waals surface area contributed by atoms with Crippen LogP contribution in [-0.2, 0) is 0 Å². The minimum absolute atomic E-state index is 0.581. The van der Waals surface area contributed by atoms with Crippen LogP contribution in [0.3, 0.4) is 0 Å². The van der Waals surface area contributed by atoms with Gasteiger partial charge in [-0.1, -0.05) is 110 Å². The Bertz CT molecular complexity index is 1150. The minimum Gasteiger partial charge on any atom is -0.358 e. The lowest BCUT2D eigenvalue weighted by Crippen LogP contribution is -1.85. The smallest absolute Gasteiger partial charge is 0.0456 e. The van der Waals surface area contributed by atoms with Gasteiger partial charge in [0, 0.05) is 36.0 Å². The summed E-state index contributed by atoms with van der Waals surface area (Å²) in [5.74, 6) is 2.45. The molecule has 0 saturated heterocycles. The van der Waals surface area contributed by atoms with E-state index in [1.807, 2.05) is 42.9 Å². The summed E-state index contributed by atoms with van der Waals surface area (Å²) in [4.78, 5) is 11.3. The van der Waals surface area contributed by atoms with Crippen LogP contribution in [0.2, 0.25) is 0 Å². The highest BCUT2D eigenvalue weighted by molar-refractivity contribution is 5.80. The van der Waals surface area contributed by atoms with Crippen LogP contribution in [0.4, 0.5) is 0 Å². The Morgan fingerprint density at radius 2 is 1.03 bits per heavy atom. The van der Waals surface area contributed by atoms with Gasteiger partial charge in [-0.25, -0.2) is 0 Å². The van der Waals surface area contributed by atoms with Crippen molar-refractivity contribution in [1.29, 1.82) is 0 Å². The van der Waals surface area contributed by atoms with Gasteiger partial charge in [0.1, 0.15) is 0 Å². The molecule has 5 rings (SSSR count). The number of aromatic amines is 1. The number of fused-ring (bicyclic) bond motifs is 1. The lowest BCUT2D eigenvalue weighted by molar-refractivity contribution is 0.836. The van der Waals surface area contributed by atoms with Crippen molar-refractivity contribution < 1.29 is 0 Å². The molecule has 3 aromatic heterocycles. The van der Waals surface area contributed by atoms with Crippen molar-refractivity contribution in [1.82, 2.24) is 15.0 Å². The third-order valence-corrected chi connectivity index (χ3v) is 6.36. The molecular weight excluding hydrogens is 474 g/mol. The predicted octanol–water partition coefficient (Wildman–Crippen LogP) is 10.5. The second-order valence-corrected chi connectivity index (χ2v) is 10.9. The molecule has 0 spiro atoms. The number of nitrogens with one attached hydrogen (secondary N) is 1. The Labute approximate surface area is 236 Å². The number of hydrogen-bond donors (Lipinski definition) is 1. The van der Waals surface area contributed by atoms with Crippen molar-refractivity contribution in [2.75, 3.05) is 0 Å². The predicted molar refractivity (Wildman–Crippen MR) is 170 cm³/mol. The highest BCUT2D eigenvalue weighted by Crippen LogP contribution is 2.20. The zero-order valence-electron chi connectivity index (χ0n) is 25.1. The molecule has 39 heavy (non-hydrogen) atoms. The van der Waals surface area contributed by atoms with Gasteiger partial charge in [-0.3, -0.25) is 9.97 Å². The molecule has 1 N–H and O–H groups in total. The molecule has 3 heterocycles. The van der Waals surface area contributed by atoms with Gasteiger partial charge in [-0.2, -0.15) is 0 Å². The number of para-hydroxylation sites is 1. The van der Waals surface area contributed by atoms with Gasteiger partial charge in [-0.05, 0) is 76.1 Å². The molecule has 3 nitrogen and oxygen atoms in total. The first-order chi connectivity index (χ1) is 18.7. The fraction of sp³-hybridized carbons (Fsp3) is 0.333. The van der Waals surface area contributed by atoms with E-state index >= 15 is 0 Å². The molecule has 3 heteroatoms. The number of rotatable bonds is 4. The van der Waals surface area contributed by atoms with Gasteiger partial charge >= 0.3 is 0 Å². The molecule has 0 fully saturated rings. The maximum Gasteiger partial charge on any atom is 0.0456 e. The molecule has 0 saturated carbocycles. The standard InChI is InChI=1S/C11H13N.C9H12.2C8H11N/c1-8(2)11-7-9-5-3-4-6-10(9)12-11;1-8(2)9-6-4-3-5-7-9;1-7(2)8-3-5-9-6-4-8;1-7(2)8-4-3-5-9-6-8/h3-8,12H,1-2H3;3-8H,1-2H3;2*3-7H,1-2H3. The number of H-pyrrole nitrogens is 1. The third-order valence-electron chi connectivity index (χ3n) is 6.36. The minimum atomic E-state index is 0.581. The zero-order chi connectivity index (χ0) is 28.6. The molecule has 0 aliphatic carbocycles. The number of benzene rings is 2. The molecule has 0 bridgehead atoms. The van der Waals surface area contributed by atoms with Gasteiger partial charge in [0.25, 0.3) is 0 Å². The van der Waals surface area contributed by atoms with Crippen molar-refractivity contribution in [2.45, 2.75) is 79.1 Å². The number of pyridine rings is 2. The Morgan fingerprint density at radius 1 is 0.487 bits per heavy atom. The van der Waals surface area contributed by atoms with Crippen LogP contribution in [-0.4, -0.2) is 15.0 Å². The lowest BCUT2D eigenvalue weighted by atomic mass is 10.0. The SMILES string of the molecule is CC(C)c1cc2ccccc2[nH]1.CC(C)c1ccccc1.CC(C)c1cccnc1.CC(C)c1ccncc1. The van der Waals surface area contributed by atoms with Gasteiger partial charge in [0.05, 0.1) is 0 Å². The first-order valence-electron chi connectivity index (χ1n) is 14.1. The average molecular weight is 522 g/mol. The Morgan fingerprint density at radius 3 is 1.46 bits per heavy atom. The van der Waals surface area contributed by atoms with Crippen LogP contribution in [0, 0.1) is 0 Å². The van der Waals surface area contributed by atoms with E-state index in [2.05, 4.69) is 131 Å². The fourth-order valence-electron chi connectivity index (χ4n) is 3.71. The van der Waals surface area contributed by atoms with E-state index in [0.717, 1.165) is 0 Å². The number of hydrogen-bond acceptors (Lipinski definition) is 2. The third kappa shape index (κ3) is 11.7.